The monoisotopic (exact) mass is 275 g/mol. The van der Waals surface area contributed by atoms with Crippen LogP contribution in [0.25, 0.3) is 11.3 Å². The number of hydrogen-bond donors (Lipinski definition) is 1. The number of carbonyl (C=O) groups is 1. The molecule has 0 bridgehead atoms. The zero-order valence-electron chi connectivity index (χ0n) is 10.8. The van der Waals surface area contributed by atoms with Crippen molar-refractivity contribution >= 4 is 5.97 Å². The zero-order chi connectivity index (χ0) is 14.1. The van der Waals surface area contributed by atoms with Gasteiger partial charge in [0.1, 0.15) is 0 Å². The molecular weight excluding hydrogens is 262 g/mol. The predicted molar refractivity (Wildman–Crippen MR) is 68.5 cm³/mol. The Morgan fingerprint density at radius 3 is 3.00 bits per heavy atom. The molecule has 0 aliphatic carbocycles. The van der Waals surface area contributed by atoms with E-state index in [4.69, 9.17) is 9.47 Å². The van der Waals surface area contributed by atoms with Gasteiger partial charge in [0.05, 0.1) is 11.9 Å². The molecule has 1 aromatic heterocycles. The van der Waals surface area contributed by atoms with Gasteiger partial charge in [-0.2, -0.15) is 0 Å². The molecule has 0 spiro atoms. The molecule has 0 saturated heterocycles. The standard InChI is InChI=1S/C13H13N3O4/c1-2-9(13(17)18)16-10(6-14-15-16)8-3-4-11-12(5-8)20-7-19-11/h3-6,9H,2,7H2,1H3,(H,17,18). The van der Waals surface area contributed by atoms with Crippen molar-refractivity contribution in [3.05, 3.63) is 24.4 Å². The highest BCUT2D eigenvalue weighted by Crippen LogP contribution is 2.36. The quantitative estimate of drug-likeness (QED) is 0.914. The first kappa shape index (κ1) is 12.5. The Bertz CT molecular complexity index is 653. The minimum Gasteiger partial charge on any atom is -0.480 e. The van der Waals surface area contributed by atoms with E-state index >= 15 is 0 Å². The summed E-state index contributed by atoms with van der Waals surface area (Å²) in [5.41, 5.74) is 1.43. The Hall–Kier alpha value is -2.57. The molecule has 1 aromatic carbocycles. The van der Waals surface area contributed by atoms with Crippen molar-refractivity contribution < 1.29 is 19.4 Å². The molecule has 1 atom stereocenters. The average molecular weight is 275 g/mol. The van der Waals surface area contributed by atoms with Gasteiger partial charge in [-0.1, -0.05) is 12.1 Å². The van der Waals surface area contributed by atoms with Crippen LogP contribution >= 0.6 is 0 Å². The van der Waals surface area contributed by atoms with Gasteiger partial charge in [0.15, 0.2) is 17.5 Å². The van der Waals surface area contributed by atoms with Crippen LogP contribution in [0.2, 0.25) is 0 Å². The number of benzene rings is 1. The minimum absolute atomic E-state index is 0.197. The van der Waals surface area contributed by atoms with Gasteiger partial charge in [-0.3, -0.25) is 0 Å². The van der Waals surface area contributed by atoms with E-state index in [1.165, 1.54) is 4.68 Å². The molecule has 0 fully saturated rings. The second kappa shape index (κ2) is 4.84. The van der Waals surface area contributed by atoms with Crippen LogP contribution in [0, 0.1) is 0 Å². The summed E-state index contributed by atoms with van der Waals surface area (Å²) < 4.78 is 12.0. The molecule has 0 saturated carbocycles. The lowest BCUT2D eigenvalue weighted by atomic mass is 10.1. The van der Waals surface area contributed by atoms with Crippen LogP contribution < -0.4 is 9.47 Å². The molecule has 0 radical (unpaired) electrons. The van der Waals surface area contributed by atoms with Crippen LogP contribution in [0.5, 0.6) is 11.5 Å². The molecule has 104 valence electrons. The van der Waals surface area contributed by atoms with E-state index in [-0.39, 0.29) is 6.79 Å². The maximum Gasteiger partial charge on any atom is 0.328 e. The molecule has 1 aliphatic heterocycles. The van der Waals surface area contributed by atoms with Crippen molar-refractivity contribution in [2.75, 3.05) is 6.79 Å². The Morgan fingerprint density at radius 1 is 1.45 bits per heavy atom. The molecule has 1 N–H and O–H groups in total. The summed E-state index contributed by atoms with van der Waals surface area (Å²) in [6.45, 7) is 1.99. The lowest BCUT2D eigenvalue weighted by Crippen LogP contribution is -2.20. The van der Waals surface area contributed by atoms with Crippen molar-refractivity contribution in [2.24, 2.45) is 0 Å². The second-order valence-electron chi connectivity index (χ2n) is 4.39. The lowest BCUT2D eigenvalue weighted by molar-refractivity contribution is -0.141. The van der Waals surface area contributed by atoms with E-state index in [9.17, 15) is 9.90 Å². The van der Waals surface area contributed by atoms with Crippen LogP contribution in [0.4, 0.5) is 0 Å². The van der Waals surface area contributed by atoms with E-state index in [0.717, 1.165) is 5.56 Å². The largest absolute Gasteiger partial charge is 0.480 e. The highest BCUT2D eigenvalue weighted by Gasteiger charge is 2.23. The fourth-order valence-electron chi connectivity index (χ4n) is 2.19. The fraction of sp³-hybridized carbons (Fsp3) is 0.308. The number of carboxylic acid groups (broad SMARTS) is 1. The third kappa shape index (κ3) is 1.97. The van der Waals surface area contributed by atoms with Crippen LogP contribution in [0.3, 0.4) is 0 Å². The Kier molecular flexibility index (Phi) is 3.02. The molecule has 1 unspecified atom stereocenters. The van der Waals surface area contributed by atoms with Crippen molar-refractivity contribution in [3.63, 3.8) is 0 Å². The molecule has 2 heterocycles. The Morgan fingerprint density at radius 2 is 2.25 bits per heavy atom. The van der Waals surface area contributed by atoms with Gasteiger partial charge >= 0.3 is 5.97 Å². The van der Waals surface area contributed by atoms with Gasteiger partial charge in [-0.05, 0) is 24.6 Å². The van der Waals surface area contributed by atoms with Crippen LogP contribution in [0.15, 0.2) is 24.4 Å². The number of hydrogen-bond acceptors (Lipinski definition) is 5. The number of aliphatic carboxylic acids is 1. The SMILES string of the molecule is CCC(C(=O)O)n1nncc1-c1ccc2c(c1)OCO2. The Labute approximate surface area is 114 Å². The predicted octanol–water partition coefficient (Wildman–Crippen LogP) is 1.71. The number of carboxylic acids is 1. The van der Waals surface area contributed by atoms with Gasteiger partial charge in [-0.25, -0.2) is 9.48 Å². The minimum atomic E-state index is -0.931. The second-order valence-corrected chi connectivity index (χ2v) is 4.39. The number of nitrogens with zero attached hydrogens (tertiary/aromatic N) is 3. The van der Waals surface area contributed by atoms with Gasteiger partial charge < -0.3 is 14.6 Å². The molecule has 3 rings (SSSR count). The number of fused-ring (bicyclic) bond motifs is 1. The molecule has 1 aliphatic rings. The molecule has 2 aromatic rings. The molecular formula is C13H13N3O4. The first-order chi connectivity index (χ1) is 9.70. The van der Waals surface area contributed by atoms with E-state index < -0.39 is 12.0 Å². The van der Waals surface area contributed by atoms with Gasteiger partial charge in [0.2, 0.25) is 6.79 Å². The summed E-state index contributed by atoms with van der Waals surface area (Å²) in [5, 5.41) is 17.0. The fourth-order valence-corrected chi connectivity index (χ4v) is 2.19. The topological polar surface area (TPSA) is 86.5 Å². The molecule has 7 heteroatoms. The van der Waals surface area contributed by atoms with E-state index in [2.05, 4.69) is 10.3 Å². The zero-order valence-corrected chi connectivity index (χ0v) is 10.8. The normalized spacial score (nSPS) is 14.2. The third-order valence-corrected chi connectivity index (χ3v) is 3.21. The van der Waals surface area contributed by atoms with Crippen molar-refractivity contribution in [2.45, 2.75) is 19.4 Å². The lowest BCUT2D eigenvalue weighted by Gasteiger charge is -2.13. The van der Waals surface area contributed by atoms with E-state index in [1.54, 1.807) is 25.3 Å². The molecule has 0 amide bonds. The smallest absolute Gasteiger partial charge is 0.328 e. The van der Waals surface area contributed by atoms with Crippen LogP contribution in [-0.2, 0) is 4.79 Å². The summed E-state index contributed by atoms with van der Waals surface area (Å²) in [6, 6.07) is 4.68. The summed E-state index contributed by atoms with van der Waals surface area (Å²) in [4.78, 5) is 11.3. The summed E-state index contributed by atoms with van der Waals surface area (Å²) in [5.74, 6) is 0.386. The number of aromatic nitrogens is 3. The third-order valence-electron chi connectivity index (χ3n) is 3.21. The first-order valence-corrected chi connectivity index (χ1v) is 6.23. The van der Waals surface area contributed by atoms with Crippen LogP contribution in [-0.4, -0.2) is 32.9 Å². The van der Waals surface area contributed by atoms with Crippen molar-refractivity contribution in [1.29, 1.82) is 0 Å². The maximum absolute atomic E-state index is 11.3. The first-order valence-electron chi connectivity index (χ1n) is 6.23. The van der Waals surface area contributed by atoms with Gasteiger partial charge in [-0.15, -0.1) is 5.10 Å². The Balaban J connectivity index is 2.03. The van der Waals surface area contributed by atoms with E-state index in [1.807, 2.05) is 6.07 Å². The summed E-state index contributed by atoms with van der Waals surface area (Å²) >= 11 is 0. The highest BCUT2D eigenvalue weighted by atomic mass is 16.7. The van der Waals surface area contributed by atoms with Gasteiger partial charge in [0.25, 0.3) is 0 Å². The van der Waals surface area contributed by atoms with E-state index in [0.29, 0.717) is 23.6 Å². The summed E-state index contributed by atoms with van der Waals surface area (Å²) in [6.07, 6.45) is 1.97. The average Bonchev–Trinajstić information content (AvgIpc) is 3.06. The van der Waals surface area contributed by atoms with Crippen molar-refractivity contribution in [3.8, 4) is 22.8 Å². The molecule has 7 nitrogen and oxygen atoms in total. The highest BCUT2D eigenvalue weighted by molar-refractivity contribution is 5.73. The summed E-state index contributed by atoms with van der Waals surface area (Å²) in [7, 11) is 0. The number of ether oxygens (including phenoxy) is 2. The molecule has 20 heavy (non-hydrogen) atoms. The van der Waals surface area contributed by atoms with Crippen molar-refractivity contribution in [1.82, 2.24) is 15.0 Å². The number of rotatable bonds is 4. The van der Waals surface area contributed by atoms with Gasteiger partial charge in [0, 0.05) is 5.56 Å². The maximum atomic E-state index is 11.3. The van der Waals surface area contributed by atoms with Crippen LogP contribution in [0.1, 0.15) is 19.4 Å².